The van der Waals surface area contributed by atoms with Crippen LogP contribution in [0.1, 0.15) is 18.5 Å². The fourth-order valence-electron chi connectivity index (χ4n) is 3.59. The van der Waals surface area contributed by atoms with E-state index in [0.717, 1.165) is 48.6 Å². The van der Waals surface area contributed by atoms with Gasteiger partial charge >= 0.3 is 0 Å². The molecule has 1 aliphatic rings. The minimum atomic E-state index is 0.289. The Balaban J connectivity index is 1.59. The van der Waals surface area contributed by atoms with E-state index in [4.69, 9.17) is 16.5 Å². The van der Waals surface area contributed by atoms with E-state index in [1.807, 2.05) is 48.5 Å². The van der Waals surface area contributed by atoms with Gasteiger partial charge < -0.3 is 21.7 Å². The molecule has 0 unspecified atom stereocenters. The van der Waals surface area contributed by atoms with Crippen molar-refractivity contribution in [1.29, 1.82) is 0 Å². The third kappa shape index (κ3) is 4.22. The van der Waals surface area contributed by atoms with Crippen LogP contribution in [0.25, 0.3) is 17.0 Å². The van der Waals surface area contributed by atoms with Crippen molar-refractivity contribution < 1.29 is 0 Å². The van der Waals surface area contributed by atoms with Gasteiger partial charge in [0.05, 0.1) is 29.0 Å². The zero-order chi connectivity index (χ0) is 20.2. The molecule has 148 valence electrons. The Labute approximate surface area is 171 Å². The molecule has 0 radical (unpaired) electrons. The molecule has 0 spiro atoms. The van der Waals surface area contributed by atoms with Gasteiger partial charge in [-0.3, -0.25) is 0 Å². The van der Waals surface area contributed by atoms with Gasteiger partial charge in [0.15, 0.2) is 5.82 Å². The van der Waals surface area contributed by atoms with Crippen molar-refractivity contribution in [2.45, 2.75) is 18.9 Å². The summed E-state index contributed by atoms with van der Waals surface area (Å²) in [6.07, 6.45) is 3.67. The number of nitrogens with one attached hydrogen (secondary N) is 1. The van der Waals surface area contributed by atoms with Crippen molar-refractivity contribution in [2.75, 3.05) is 29.0 Å². The third-order valence-corrected chi connectivity index (χ3v) is 5.23. The Morgan fingerprint density at radius 3 is 2.48 bits per heavy atom. The first-order valence-electron chi connectivity index (χ1n) is 9.85. The van der Waals surface area contributed by atoms with Gasteiger partial charge in [0.2, 0.25) is 0 Å². The molecule has 0 bridgehead atoms. The van der Waals surface area contributed by atoms with E-state index in [9.17, 15) is 0 Å². The van der Waals surface area contributed by atoms with Crippen LogP contribution in [0.15, 0.2) is 67.4 Å². The van der Waals surface area contributed by atoms with Crippen molar-refractivity contribution >= 4 is 22.9 Å². The maximum Gasteiger partial charge on any atom is 0.151 e. The number of aromatic nitrogens is 2. The Morgan fingerprint density at radius 2 is 1.72 bits per heavy atom. The van der Waals surface area contributed by atoms with Crippen molar-refractivity contribution in [3.63, 3.8) is 0 Å². The lowest BCUT2D eigenvalue weighted by Gasteiger charge is -2.33. The highest BCUT2D eigenvalue weighted by Gasteiger charge is 2.19. The Hall–Kier alpha value is -3.38. The maximum absolute atomic E-state index is 6.12. The first-order valence-corrected chi connectivity index (χ1v) is 9.85. The van der Waals surface area contributed by atoms with Gasteiger partial charge in [-0.15, -0.1) is 0 Å². The maximum atomic E-state index is 6.12. The van der Waals surface area contributed by atoms with E-state index in [-0.39, 0.29) is 6.04 Å². The van der Waals surface area contributed by atoms with Crippen LogP contribution < -0.4 is 21.7 Å². The first-order chi connectivity index (χ1) is 14.1. The van der Waals surface area contributed by atoms with E-state index in [0.29, 0.717) is 17.2 Å². The summed E-state index contributed by atoms with van der Waals surface area (Å²) in [7, 11) is 0. The second-order valence-electron chi connectivity index (χ2n) is 7.30. The molecule has 29 heavy (non-hydrogen) atoms. The van der Waals surface area contributed by atoms with E-state index >= 15 is 0 Å². The number of rotatable bonds is 5. The van der Waals surface area contributed by atoms with Crippen molar-refractivity contribution in [3.05, 3.63) is 73.1 Å². The number of nitrogen functional groups attached to an aromatic ring is 1. The molecule has 0 amide bonds. The molecule has 2 heterocycles. The molecule has 1 saturated heterocycles. The number of anilines is 3. The van der Waals surface area contributed by atoms with Gasteiger partial charge in [0.1, 0.15) is 5.69 Å². The molecule has 1 aliphatic heterocycles. The minimum absolute atomic E-state index is 0.289. The number of piperidine rings is 1. The van der Waals surface area contributed by atoms with Gasteiger partial charge in [-0.25, -0.2) is 9.97 Å². The third-order valence-electron chi connectivity index (χ3n) is 5.23. The fraction of sp³-hybridized carbons (Fsp3) is 0.217. The molecule has 5 N–H and O–H groups in total. The molecule has 1 fully saturated rings. The number of benzene rings is 2. The lowest BCUT2D eigenvalue weighted by atomic mass is 10.0. The SMILES string of the molecule is C=C(Nc1ccccc1N1CCC(N)CC1)c1nc(-c2ccccc2)cnc1N. The average Bonchev–Trinajstić information content (AvgIpc) is 2.76. The van der Waals surface area contributed by atoms with Gasteiger partial charge in [0, 0.05) is 24.7 Å². The number of nitrogens with two attached hydrogens (primary N) is 2. The van der Waals surface area contributed by atoms with Crippen molar-refractivity contribution in [3.8, 4) is 11.3 Å². The smallest absolute Gasteiger partial charge is 0.151 e. The van der Waals surface area contributed by atoms with E-state index in [1.165, 1.54) is 0 Å². The largest absolute Gasteiger partial charge is 0.382 e. The van der Waals surface area contributed by atoms with E-state index < -0.39 is 0 Å². The van der Waals surface area contributed by atoms with E-state index in [1.54, 1.807) is 6.20 Å². The summed E-state index contributed by atoms with van der Waals surface area (Å²) in [6, 6.07) is 18.4. The zero-order valence-corrected chi connectivity index (χ0v) is 16.4. The summed E-state index contributed by atoms with van der Waals surface area (Å²) in [5.74, 6) is 0.351. The average molecular weight is 387 g/mol. The predicted octanol–water partition coefficient (Wildman–Crippen LogP) is 3.74. The first kappa shape index (κ1) is 19.0. The Bertz CT molecular complexity index is 993. The molecular weight excluding hydrogens is 360 g/mol. The van der Waals surface area contributed by atoms with Gasteiger partial charge in [-0.05, 0) is 25.0 Å². The molecule has 6 heteroatoms. The lowest BCUT2D eigenvalue weighted by molar-refractivity contribution is 0.501. The summed E-state index contributed by atoms with van der Waals surface area (Å²) >= 11 is 0. The molecule has 3 aromatic rings. The van der Waals surface area contributed by atoms with E-state index in [2.05, 4.69) is 27.8 Å². The van der Waals surface area contributed by atoms with Crippen LogP contribution in [-0.4, -0.2) is 29.1 Å². The Kier molecular flexibility index (Phi) is 5.44. The van der Waals surface area contributed by atoms with Crippen LogP contribution in [0.5, 0.6) is 0 Å². The summed E-state index contributed by atoms with van der Waals surface area (Å²) in [5, 5.41) is 3.40. The van der Waals surface area contributed by atoms with Gasteiger partial charge in [-0.1, -0.05) is 49.0 Å². The number of hydrogen-bond donors (Lipinski definition) is 3. The Morgan fingerprint density at radius 1 is 1.03 bits per heavy atom. The number of hydrogen-bond acceptors (Lipinski definition) is 6. The highest BCUT2D eigenvalue weighted by molar-refractivity contribution is 5.84. The van der Waals surface area contributed by atoms with Gasteiger partial charge in [-0.2, -0.15) is 0 Å². The van der Waals surface area contributed by atoms with Crippen LogP contribution in [-0.2, 0) is 0 Å². The second-order valence-corrected chi connectivity index (χ2v) is 7.30. The minimum Gasteiger partial charge on any atom is -0.382 e. The topological polar surface area (TPSA) is 93.1 Å². The highest BCUT2D eigenvalue weighted by atomic mass is 15.2. The second kappa shape index (κ2) is 8.32. The van der Waals surface area contributed by atoms with Crippen molar-refractivity contribution in [2.24, 2.45) is 5.73 Å². The molecular formula is C23H26N6. The quantitative estimate of drug-likeness (QED) is 0.619. The monoisotopic (exact) mass is 386 g/mol. The summed E-state index contributed by atoms with van der Waals surface area (Å²) in [4.78, 5) is 11.4. The molecule has 4 rings (SSSR count). The standard InChI is InChI=1S/C23H26N6/c1-16(22-23(25)26-15-20(28-22)17-7-3-2-4-8-17)27-19-9-5-6-10-21(19)29-13-11-18(24)12-14-29/h2-10,15,18,27H,1,11-14,24H2,(H2,25,26). The highest BCUT2D eigenvalue weighted by Crippen LogP contribution is 2.31. The van der Waals surface area contributed by atoms with Crippen LogP contribution >= 0.6 is 0 Å². The molecule has 0 atom stereocenters. The van der Waals surface area contributed by atoms with Crippen LogP contribution in [0.3, 0.4) is 0 Å². The molecule has 6 nitrogen and oxygen atoms in total. The fourth-order valence-corrected chi connectivity index (χ4v) is 3.59. The normalized spacial score (nSPS) is 14.6. The molecule has 2 aromatic carbocycles. The zero-order valence-electron chi connectivity index (χ0n) is 16.4. The lowest BCUT2D eigenvalue weighted by Crippen LogP contribution is -2.39. The van der Waals surface area contributed by atoms with Crippen LogP contribution in [0, 0.1) is 0 Å². The summed E-state index contributed by atoms with van der Waals surface area (Å²) < 4.78 is 0. The predicted molar refractivity (Wildman–Crippen MR) is 120 cm³/mol. The molecule has 0 aliphatic carbocycles. The number of para-hydroxylation sites is 2. The summed E-state index contributed by atoms with van der Waals surface area (Å²) in [6.45, 7) is 6.07. The number of nitrogens with zero attached hydrogens (tertiary/aromatic N) is 3. The summed E-state index contributed by atoms with van der Waals surface area (Å²) in [5.41, 5.74) is 17.2. The van der Waals surface area contributed by atoms with Crippen molar-refractivity contribution in [1.82, 2.24) is 9.97 Å². The van der Waals surface area contributed by atoms with Crippen LogP contribution in [0.2, 0.25) is 0 Å². The van der Waals surface area contributed by atoms with Gasteiger partial charge in [0.25, 0.3) is 0 Å². The molecule has 0 saturated carbocycles. The molecule has 1 aromatic heterocycles. The van der Waals surface area contributed by atoms with Crippen LogP contribution in [0.4, 0.5) is 17.2 Å².